The Morgan fingerprint density at radius 2 is 1.85 bits per heavy atom. The van der Waals surface area contributed by atoms with Gasteiger partial charge in [-0.3, -0.25) is 0 Å². The molecule has 20 heavy (non-hydrogen) atoms. The zero-order valence-corrected chi connectivity index (χ0v) is 12.3. The summed E-state index contributed by atoms with van der Waals surface area (Å²) in [6.45, 7) is 1.53. The van der Waals surface area contributed by atoms with Gasteiger partial charge in [0.15, 0.2) is 0 Å². The molecule has 1 aliphatic carbocycles. The Balaban J connectivity index is 2.23. The van der Waals surface area contributed by atoms with Crippen molar-refractivity contribution >= 4 is 6.08 Å². The predicted octanol–water partition coefficient (Wildman–Crippen LogP) is 2.75. The number of aliphatic hydroxyl groups is 1. The molecule has 1 saturated carbocycles. The van der Waals surface area contributed by atoms with Crippen molar-refractivity contribution in [1.82, 2.24) is 0 Å². The highest BCUT2D eigenvalue weighted by atomic mass is 16.5. The molecule has 1 unspecified atom stereocenters. The third-order valence-electron chi connectivity index (χ3n) is 4.06. The Morgan fingerprint density at radius 3 is 2.40 bits per heavy atom. The van der Waals surface area contributed by atoms with Crippen LogP contribution in [0.4, 0.5) is 0 Å². The molecule has 0 aliphatic heterocycles. The van der Waals surface area contributed by atoms with Crippen LogP contribution in [0.25, 0.3) is 6.08 Å². The average molecular weight is 276 g/mol. The minimum atomic E-state index is -0.00247. The van der Waals surface area contributed by atoms with Gasteiger partial charge in [0.05, 0.1) is 13.2 Å². The zero-order valence-electron chi connectivity index (χ0n) is 12.3. The van der Waals surface area contributed by atoms with E-state index in [4.69, 9.17) is 9.47 Å². The van der Waals surface area contributed by atoms with Gasteiger partial charge in [0, 0.05) is 32.2 Å². The minimum Gasteiger partial charge on any atom is -0.396 e. The summed E-state index contributed by atoms with van der Waals surface area (Å²) in [7, 11) is 3.45. The molecule has 3 nitrogen and oxygen atoms in total. The van der Waals surface area contributed by atoms with Gasteiger partial charge in [-0.25, -0.2) is 0 Å². The zero-order chi connectivity index (χ0) is 14.4. The molecule has 0 radical (unpaired) electrons. The van der Waals surface area contributed by atoms with E-state index in [1.807, 2.05) is 18.2 Å². The number of methoxy groups -OCH3 is 2. The van der Waals surface area contributed by atoms with Crippen molar-refractivity contribution in [3.63, 3.8) is 0 Å². The van der Waals surface area contributed by atoms with Crippen LogP contribution in [-0.4, -0.2) is 39.1 Å². The van der Waals surface area contributed by atoms with Crippen LogP contribution >= 0.6 is 0 Å². The van der Waals surface area contributed by atoms with Crippen LogP contribution in [0.3, 0.4) is 0 Å². The van der Waals surface area contributed by atoms with Crippen LogP contribution in [0, 0.1) is 11.3 Å². The first-order valence-corrected chi connectivity index (χ1v) is 7.07. The van der Waals surface area contributed by atoms with E-state index < -0.39 is 0 Å². The van der Waals surface area contributed by atoms with Crippen LogP contribution in [0.2, 0.25) is 0 Å². The molecular weight excluding hydrogens is 252 g/mol. The van der Waals surface area contributed by atoms with Gasteiger partial charge in [-0.15, -0.1) is 0 Å². The lowest BCUT2D eigenvalue weighted by Crippen LogP contribution is -2.29. The standard InChI is InChI=1S/C17H24O3/c1-19-12-17(13-20-2)9-15(16(10-17)11-18)8-14-6-4-3-5-7-14/h3-8,16,18H,9-13H2,1-2H3/b15-8+. The van der Waals surface area contributed by atoms with Gasteiger partial charge in [0.2, 0.25) is 0 Å². The summed E-state index contributed by atoms with van der Waals surface area (Å²) in [5, 5.41) is 9.66. The smallest absolute Gasteiger partial charge is 0.0544 e. The fourth-order valence-electron chi connectivity index (χ4n) is 3.29. The lowest BCUT2D eigenvalue weighted by molar-refractivity contribution is 0.0109. The van der Waals surface area contributed by atoms with Gasteiger partial charge >= 0.3 is 0 Å². The Labute approximate surface area is 121 Å². The number of aliphatic hydroxyl groups excluding tert-OH is 1. The molecule has 1 atom stereocenters. The summed E-state index contributed by atoms with van der Waals surface area (Å²) in [6.07, 6.45) is 4.05. The number of hydrogen-bond donors (Lipinski definition) is 1. The van der Waals surface area contributed by atoms with Crippen LogP contribution in [-0.2, 0) is 9.47 Å². The van der Waals surface area contributed by atoms with E-state index in [0.717, 1.165) is 12.8 Å². The van der Waals surface area contributed by atoms with Crippen LogP contribution in [0.15, 0.2) is 35.9 Å². The van der Waals surface area contributed by atoms with Crippen molar-refractivity contribution in [3.8, 4) is 0 Å². The molecule has 1 N–H and O–H groups in total. The second kappa shape index (κ2) is 7.02. The first-order valence-electron chi connectivity index (χ1n) is 7.07. The first kappa shape index (κ1) is 15.2. The number of hydrogen-bond acceptors (Lipinski definition) is 3. The summed E-state index contributed by atoms with van der Waals surface area (Å²) in [5.74, 6) is 0.209. The van der Waals surface area contributed by atoms with Gasteiger partial charge in [-0.1, -0.05) is 42.0 Å². The Kier molecular flexibility index (Phi) is 5.35. The average Bonchev–Trinajstić information content (AvgIpc) is 2.78. The van der Waals surface area contributed by atoms with Crippen molar-refractivity contribution < 1.29 is 14.6 Å². The SMILES string of the molecule is COCC1(COC)C/C(=C\c2ccccc2)C(CO)C1. The number of ether oxygens (including phenoxy) is 2. The highest BCUT2D eigenvalue weighted by Crippen LogP contribution is 2.46. The molecule has 3 heteroatoms. The fraction of sp³-hybridized carbons (Fsp3) is 0.529. The molecule has 0 amide bonds. The highest BCUT2D eigenvalue weighted by molar-refractivity contribution is 5.54. The van der Waals surface area contributed by atoms with Crippen molar-refractivity contribution in [2.75, 3.05) is 34.0 Å². The highest BCUT2D eigenvalue weighted by Gasteiger charge is 2.42. The molecule has 0 spiro atoms. The molecule has 1 aromatic carbocycles. The maximum Gasteiger partial charge on any atom is 0.0544 e. The Hall–Kier alpha value is -1.16. The van der Waals surface area contributed by atoms with E-state index in [0.29, 0.717) is 13.2 Å². The third kappa shape index (κ3) is 3.48. The van der Waals surface area contributed by atoms with Crippen molar-refractivity contribution in [3.05, 3.63) is 41.5 Å². The fourth-order valence-corrected chi connectivity index (χ4v) is 3.29. The van der Waals surface area contributed by atoms with E-state index in [-0.39, 0.29) is 17.9 Å². The molecule has 2 rings (SSSR count). The van der Waals surface area contributed by atoms with E-state index in [1.54, 1.807) is 14.2 Å². The number of rotatable bonds is 6. The second-order valence-corrected chi connectivity index (χ2v) is 5.76. The molecule has 1 fully saturated rings. The van der Waals surface area contributed by atoms with Crippen molar-refractivity contribution in [2.45, 2.75) is 12.8 Å². The van der Waals surface area contributed by atoms with E-state index >= 15 is 0 Å². The van der Waals surface area contributed by atoms with E-state index in [9.17, 15) is 5.11 Å². The molecule has 1 aliphatic rings. The topological polar surface area (TPSA) is 38.7 Å². The summed E-state index contributed by atoms with van der Waals surface area (Å²) >= 11 is 0. The van der Waals surface area contributed by atoms with Crippen LogP contribution in [0.1, 0.15) is 18.4 Å². The maximum absolute atomic E-state index is 9.66. The third-order valence-corrected chi connectivity index (χ3v) is 4.06. The lowest BCUT2D eigenvalue weighted by Gasteiger charge is -2.27. The second-order valence-electron chi connectivity index (χ2n) is 5.76. The van der Waals surface area contributed by atoms with Crippen LogP contribution < -0.4 is 0 Å². The van der Waals surface area contributed by atoms with Gasteiger partial charge in [-0.05, 0) is 18.4 Å². The maximum atomic E-state index is 9.66. The molecule has 110 valence electrons. The molecule has 0 saturated heterocycles. The Bertz CT molecular complexity index is 433. The molecule has 0 aromatic heterocycles. The van der Waals surface area contributed by atoms with Crippen molar-refractivity contribution in [1.29, 1.82) is 0 Å². The quantitative estimate of drug-likeness (QED) is 0.868. The van der Waals surface area contributed by atoms with Gasteiger partial charge in [0.1, 0.15) is 0 Å². The summed E-state index contributed by atoms with van der Waals surface area (Å²) in [5.41, 5.74) is 2.48. The number of benzene rings is 1. The van der Waals surface area contributed by atoms with Crippen LogP contribution in [0.5, 0.6) is 0 Å². The normalized spacial score (nSPS) is 23.4. The van der Waals surface area contributed by atoms with Crippen molar-refractivity contribution in [2.24, 2.45) is 11.3 Å². The summed E-state index contributed by atoms with van der Waals surface area (Å²) in [4.78, 5) is 0. The largest absolute Gasteiger partial charge is 0.396 e. The molecular formula is C17H24O3. The van der Waals surface area contributed by atoms with Gasteiger partial charge in [0.25, 0.3) is 0 Å². The minimum absolute atomic E-state index is 0.00247. The molecule has 0 heterocycles. The Morgan fingerprint density at radius 1 is 1.20 bits per heavy atom. The van der Waals surface area contributed by atoms with E-state index in [1.165, 1.54) is 11.1 Å². The van der Waals surface area contributed by atoms with E-state index in [2.05, 4.69) is 18.2 Å². The summed E-state index contributed by atoms with van der Waals surface area (Å²) in [6, 6.07) is 10.3. The summed E-state index contributed by atoms with van der Waals surface area (Å²) < 4.78 is 10.8. The molecule has 0 bridgehead atoms. The van der Waals surface area contributed by atoms with Gasteiger partial charge in [-0.2, -0.15) is 0 Å². The predicted molar refractivity (Wildman–Crippen MR) is 80.4 cm³/mol. The van der Waals surface area contributed by atoms with Gasteiger partial charge < -0.3 is 14.6 Å². The first-order chi connectivity index (χ1) is 9.73. The monoisotopic (exact) mass is 276 g/mol. The lowest BCUT2D eigenvalue weighted by atomic mass is 9.87. The molecule has 1 aromatic rings.